The van der Waals surface area contributed by atoms with Gasteiger partial charge in [0.2, 0.25) is 0 Å². The molecule has 0 aliphatic heterocycles. The van der Waals surface area contributed by atoms with Crippen LogP contribution in [-0.2, 0) is 0 Å². The Morgan fingerprint density at radius 3 is 1.93 bits per heavy atom. The zero-order valence-corrected chi connectivity index (χ0v) is 11.8. The summed E-state index contributed by atoms with van der Waals surface area (Å²) in [5.74, 6) is 3.52. The molecule has 0 radical (unpaired) electrons. The molecule has 0 heterocycles. The van der Waals surface area contributed by atoms with Crippen LogP contribution in [0.5, 0.6) is 0 Å². The molecule has 0 heteroatoms. The van der Waals surface area contributed by atoms with Crippen LogP contribution in [-0.4, -0.2) is 0 Å². The predicted octanol–water partition coefficient (Wildman–Crippen LogP) is 5.52. The fourth-order valence-corrected chi connectivity index (χ4v) is 2.37. The van der Waals surface area contributed by atoms with Crippen molar-refractivity contribution in [2.24, 2.45) is 23.7 Å². The molecule has 0 aromatic heterocycles. The van der Waals surface area contributed by atoms with Gasteiger partial charge in [-0.05, 0) is 30.1 Å². The van der Waals surface area contributed by atoms with Crippen molar-refractivity contribution in [2.45, 2.75) is 73.6 Å². The summed E-state index contributed by atoms with van der Waals surface area (Å²) in [6.07, 6.45) is 7.05. The number of hydrogen-bond donors (Lipinski definition) is 0. The van der Waals surface area contributed by atoms with Crippen molar-refractivity contribution in [2.75, 3.05) is 0 Å². The minimum atomic E-state index is 0.836. The van der Waals surface area contributed by atoms with Crippen molar-refractivity contribution in [3.05, 3.63) is 0 Å². The first-order valence-corrected chi connectivity index (χ1v) is 6.99. The van der Waals surface area contributed by atoms with Crippen LogP contribution in [0.15, 0.2) is 0 Å². The van der Waals surface area contributed by atoms with Gasteiger partial charge in [-0.2, -0.15) is 0 Å². The zero-order chi connectivity index (χ0) is 11.8. The first-order valence-electron chi connectivity index (χ1n) is 6.99. The molecular formula is C15H32. The van der Waals surface area contributed by atoms with Gasteiger partial charge in [-0.1, -0.05) is 67.2 Å². The van der Waals surface area contributed by atoms with E-state index in [1.165, 1.54) is 32.1 Å². The summed E-state index contributed by atoms with van der Waals surface area (Å²) in [6, 6.07) is 0. The summed E-state index contributed by atoms with van der Waals surface area (Å²) in [5, 5.41) is 0. The molecule has 3 atom stereocenters. The van der Waals surface area contributed by atoms with E-state index >= 15 is 0 Å². The first kappa shape index (κ1) is 15.0. The van der Waals surface area contributed by atoms with E-state index in [4.69, 9.17) is 0 Å². The maximum atomic E-state index is 2.43. The molecular weight excluding hydrogens is 180 g/mol. The summed E-state index contributed by atoms with van der Waals surface area (Å²) in [6.45, 7) is 14.3. The van der Waals surface area contributed by atoms with Gasteiger partial charge < -0.3 is 0 Å². The SMILES string of the molecule is CCCCCC(C)CC(C)C(C)C(C)C. The van der Waals surface area contributed by atoms with E-state index in [0.29, 0.717) is 0 Å². The molecule has 0 rings (SSSR count). The number of rotatable bonds is 8. The van der Waals surface area contributed by atoms with Crippen LogP contribution in [0.2, 0.25) is 0 Å². The minimum Gasteiger partial charge on any atom is -0.0654 e. The Labute approximate surface area is 97.8 Å². The van der Waals surface area contributed by atoms with Crippen LogP contribution in [0.4, 0.5) is 0 Å². The summed E-state index contributed by atoms with van der Waals surface area (Å²) >= 11 is 0. The third-order valence-corrected chi connectivity index (χ3v) is 4.02. The molecule has 0 aliphatic carbocycles. The van der Waals surface area contributed by atoms with Gasteiger partial charge in [-0.3, -0.25) is 0 Å². The lowest BCUT2D eigenvalue weighted by molar-refractivity contribution is 0.246. The Hall–Kier alpha value is 0. The van der Waals surface area contributed by atoms with Crippen molar-refractivity contribution in [1.82, 2.24) is 0 Å². The number of hydrogen-bond acceptors (Lipinski definition) is 0. The Kier molecular flexibility index (Phi) is 8.19. The topological polar surface area (TPSA) is 0 Å². The van der Waals surface area contributed by atoms with E-state index in [0.717, 1.165) is 23.7 Å². The highest BCUT2D eigenvalue weighted by atomic mass is 14.2. The van der Waals surface area contributed by atoms with Gasteiger partial charge in [0.15, 0.2) is 0 Å². The minimum absolute atomic E-state index is 0.836. The maximum Gasteiger partial charge on any atom is -0.0394 e. The van der Waals surface area contributed by atoms with Gasteiger partial charge >= 0.3 is 0 Å². The molecule has 0 nitrogen and oxygen atoms in total. The molecule has 0 bridgehead atoms. The summed E-state index contributed by atoms with van der Waals surface area (Å²) < 4.78 is 0. The van der Waals surface area contributed by atoms with Crippen LogP contribution < -0.4 is 0 Å². The summed E-state index contributed by atoms with van der Waals surface area (Å²) in [4.78, 5) is 0. The molecule has 15 heavy (non-hydrogen) atoms. The van der Waals surface area contributed by atoms with Gasteiger partial charge in [0.05, 0.1) is 0 Å². The van der Waals surface area contributed by atoms with E-state index in [1.54, 1.807) is 0 Å². The van der Waals surface area contributed by atoms with Crippen molar-refractivity contribution in [3.8, 4) is 0 Å². The predicted molar refractivity (Wildman–Crippen MR) is 71.1 cm³/mol. The molecule has 3 unspecified atom stereocenters. The molecule has 92 valence electrons. The lowest BCUT2D eigenvalue weighted by atomic mass is 9.80. The van der Waals surface area contributed by atoms with Gasteiger partial charge in [0, 0.05) is 0 Å². The van der Waals surface area contributed by atoms with Crippen molar-refractivity contribution >= 4 is 0 Å². The second-order valence-corrected chi connectivity index (χ2v) is 5.92. The lowest BCUT2D eigenvalue weighted by Gasteiger charge is -2.26. The molecule has 0 aromatic carbocycles. The third kappa shape index (κ3) is 6.98. The van der Waals surface area contributed by atoms with Crippen molar-refractivity contribution in [3.63, 3.8) is 0 Å². The average molecular weight is 212 g/mol. The lowest BCUT2D eigenvalue weighted by Crippen LogP contribution is -2.16. The molecule has 0 spiro atoms. The highest BCUT2D eigenvalue weighted by Crippen LogP contribution is 2.27. The van der Waals surface area contributed by atoms with Crippen LogP contribution in [0.3, 0.4) is 0 Å². The Bertz CT molecular complexity index is 137. The molecule has 0 aliphatic rings. The second-order valence-electron chi connectivity index (χ2n) is 5.92. The van der Waals surface area contributed by atoms with Gasteiger partial charge in [0.25, 0.3) is 0 Å². The van der Waals surface area contributed by atoms with Gasteiger partial charge in [-0.15, -0.1) is 0 Å². The molecule has 0 saturated carbocycles. The first-order chi connectivity index (χ1) is 6.99. The van der Waals surface area contributed by atoms with E-state index in [2.05, 4.69) is 41.5 Å². The zero-order valence-electron chi connectivity index (χ0n) is 11.8. The number of unbranched alkanes of at least 4 members (excludes halogenated alkanes) is 2. The quantitative estimate of drug-likeness (QED) is 0.465. The maximum absolute atomic E-state index is 2.43. The molecule has 0 aromatic rings. The Morgan fingerprint density at radius 1 is 0.867 bits per heavy atom. The van der Waals surface area contributed by atoms with Crippen LogP contribution in [0.25, 0.3) is 0 Å². The Balaban J connectivity index is 3.70. The van der Waals surface area contributed by atoms with Gasteiger partial charge in [0.1, 0.15) is 0 Å². The normalized spacial score (nSPS) is 17.8. The fourth-order valence-electron chi connectivity index (χ4n) is 2.37. The van der Waals surface area contributed by atoms with E-state index in [-0.39, 0.29) is 0 Å². The standard InChI is InChI=1S/C15H32/c1-7-8-9-10-13(4)11-14(5)15(6)12(2)3/h12-15H,7-11H2,1-6H3. The monoisotopic (exact) mass is 212 g/mol. The molecule has 0 amide bonds. The average Bonchev–Trinajstić information content (AvgIpc) is 2.16. The van der Waals surface area contributed by atoms with Gasteiger partial charge in [-0.25, -0.2) is 0 Å². The van der Waals surface area contributed by atoms with E-state index in [1.807, 2.05) is 0 Å². The van der Waals surface area contributed by atoms with Crippen molar-refractivity contribution in [1.29, 1.82) is 0 Å². The highest BCUT2D eigenvalue weighted by Gasteiger charge is 2.17. The summed E-state index contributed by atoms with van der Waals surface area (Å²) in [5.41, 5.74) is 0. The van der Waals surface area contributed by atoms with E-state index < -0.39 is 0 Å². The second kappa shape index (κ2) is 8.19. The largest absolute Gasteiger partial charge is 0.0654 e. The molecule has 0 fully saturated rings. The van der Waals surface area contributed by atoms with Crippen LogP contribution >= 0.6 is 0 Å². The molecule has 0 saturated heterocycles. The van der Waals surface area contributed by atoms with Crippen LogP contribution in [0.1, 0.15) is 73.6 Å². The van der Waals surface area contributed by atoms with Crippen LogP contribution in [0, 0.1) is 23.7 Å². The Morgan fingerprint density at radius 2 is 1.47 bits per heavy atom. The smallest absolute Gasteiger partial charge is 0.0394 e. The van der Waals surface area contributed by atoms with E-state index in [9.17, 15) is 0 Å². The summed E-state index contributed by atoms with van der Waals surface area (Å²) in [7, 11) is 0. The van der Waals surface area contributed by atoms with Crippen molar-refractivity contribution < 1.29 is 0 Å². The fraction of sp³-hybridized carbons (Fsp3) is 1.00. The molecule has 0 N–H and O–H groups in total. The third-order valence-electron chi connectivity index (χ3n) is 4.02. The highest BCUT2D eigenvalue weighted by molar-refractivity contribution is 4.68.